The van der Waals surface area contributed by atoms with E-state index in [1.165, 1.54) is 6.20 Å². The van der Waals surface area contributed by atoms with E-state index in [1.807, 2.05) is 20.8 Å². The van der Waals surface area contributed by atoms with Crippen LogP contribution in [0, 0.1) is 12.0 Å². The molecule has 0 aromatic carbocycles. The van der Waals surface area contributed by atoms with E-state index < -0.39 is 0 Å². The predicted molar refractivity (Wildman–Crippen MR) is 35.8 cm³/mol. The molecule has 2 heteroatoms. The molecule has 1 nitrogen and oxygen atoms in total. The third kappa shape index (κ3) is 11.9. The molecule has 0 amide bonds. The van der Waals surface area contributed by atoms with E-state index in [4.69, 9.17) is 6.58 Å². The molecule has 0 aromatic rings. The number of nitrogens with zero attached hydrogens (tertiary/aromatic N) is 1. The molecular weight excluding hydrogens is 187 g/mol. The molecule has 0 aliphatic heterocycles. The summed E-state index contributed by atoms with van der Waals surface area (Å²) in [7, 11) is 0. The van der Waals surface area contributed by atoms with Crippen LogP contribution in [0.5, 0.6) is 0 Å². The van der Waals surface area contributed by atoms with Gasteiger partial charge in [-0.25, -0.2) is 0 Å². The quantitative estimate of drug-likeness (QED) is 0.451. The molecule has 0 saturated carbocycles. The largest absolute Gasteiger partial charge is 0.601 e. The number of rotatable bonds is 1. The van der Waals surface area contributed by atoms with Crippen LogP contribution in [-0.4, -0.2) is 6.21 Å². The molecule has 0 spiro atoms. The van der Waals surface area contributed by atoms with Crippen molar-refractivity contribution in [2.24, 2.45) is 10.4 Å². The summed E-state index contributed by atoms with van der Waals surface area (Å²) in [5, 5.41) is 0. The molecule has 0 bridgehead atoms. The second-order valence-corrected chi connectivity index (χ2v) is 2.64. The van der Waals surface area contributed by atoms with Crippen LogP contribution in [0.15, 0.2) is 11.2 Å². The Hall–Kier alpha value is 0.514. The Morgan fingerprint density at radius 2 is 1.89 bits per heavy atom. The molecule has 0 fully saturated rings. The molecule has 49 valence electrons. The molecule has 0 aliphatic rings. The molecule has 0 aromatic heterocycles. The summed E-state index contributed by atoms with van der Waals surface area (Å²) in [6.07, 6.45) is 4.06. The number of hydrogen-bond acceptors (Lipinski definition) is 1. The molecule has 1 radical (unpaired) electrons. The molecule has 0 saturated heterocycles. The van der Waals surface area contributed by atoms with Crippen molar-refractivity contribution in [3.8, 4) is 0 Å². The van der Waals surface area contributed by atoms with Crippen LogP contribution in [0.3, 0.4) is 0 Å². The van der Waals surface area contributed by atoms with Crippen LogP contribution in [0.25, 0.3) is 0 Å². The van der Waals surface area contributed by atoms with E-state index in [0.29, 0.717) is 0 Å². The Morgan fingerprint density at radius 1 is 1.44 bits per heavy atom. The normalized spacial score (nSPS) is 11.0. The topological polar surface area (TPSA) is 12.4 Å². The number of hydrogen-bond donors (Lipinski definition) is 0. The first kappa shape index (κ1) is 12.2. The minimum Gasteiger partial charge on any atom is -0.601 e. The van der Waals surface area contributed by atoms with Gasteiger partial charge < -0.3 is 17.8 Å². The van der Waals surface area contributed by atoms with Crippen LogP contribution in [0.4, 0.5) is 0 Å². The van der Waals surface area contributed by atoms with Gasteiger partial charge in [0.25, 0.3) is 0 Å². The zero-order valence-electron chi connectivity index (χ0n) is 6.18. The second kappa shape index (κ2) is 5.31. The van der Waals surface area contributed by atoms with E-state index in [0.717, 1.165) is 0 Å². The Bertz CT molecular complexity index is 100.0. The van der Waals surface area contributed by atoms with Crippen LogP contribution >= 0.6 is 0 Å². The maximum Gasteiger partial charge on any atom is 0 e. The summed E-state index contributed by atoms with van der Waals surface area (Å²) >= 11 is 0. The van der Waals surface area contributed by atoms with Gasteiger partial charge in [-0.1, -0.05) is 26.2 Å². The Balaban J connectivity index is 0. The van der Waals surface area contributed by atoms with Crippen molar-refractivity contribution in [2.45, 2.75) is 20.8 Å². The fourth-order valence-corrected chi connectivity index (χ4v) is 0.231. The Morgan fingerprint density at radius 3 is 2.00 bits per heavy atom. The summed E-state index contributed by atoms with van der Waals surface area (Å²) in [6, 6.07) is 0. The van der Waals surface area contributed by atoms with Crippen LogP contribution < -0.4 is 0 Å². The van der Waals surface area contributed by atoms with Gasteiger partial charge in [-0.05, 0) is 0 Å². The summed E-state index contributed by atoms with van der Waals surface area (Å²) in [6.45, 7) is 11.0. The van der Waals surface area contributed by atoms with Gasteiger partial charge in [0.1, 0.15) is 0 Å². The van der Waals surface area contributed by atoms with E-state index in [9.17, 15) is 0 Å². The molecule has 0 rings (SSSR count). The maximum atomic E-state index is 4.98. The first-order valence-electron chi connectivity index (χ1n) is 2.57. The van der Waals surface area contributed by atoms with Gasteiger partial charge >= 0.3 is 0 Å². The summed E-state index contributed by atoms with van der Waals surface area (Å²) in [5.41, 5.74) is 0.0237. The van der Waals surface area contributed by atoms with Gasteiger partial charge in [-0.3, -0.25) is 0 Å². The predicted octanol–water partition coefficient (Wildman–Crippen LogP) is 1.92. The van der Waals surface area contributed by atoms with Crippen LogP contribution in [0.2, 0.25) is 0 Å². The third-order valence-electron chi connectivity index (χ3n) is 0.474. The SMILES string of the molecule is [CH-]=CN=[C-]C(C)(C)C.[Y]. The Kier molecular flexibility index (Phi) is 7.21. The van der Waals surface area contributed by atoms with E-state index >= 15 is 0 Å². The van der Waals surface area contributed by atoms with Gasteiger partial charge in [-0.2, -0.15) is 6.21 Å². The molecule has 0 atom stereocenters. The van der Waals surface area contributed by atoms with Crippen molar-refractivity contribution in [3.05, 3.63) is 12.8 Å². The summed E-state index contributed by atoms with van der Waals surface area (Å²) in [5.74, 6) is 0. The van der Waals surface area contributed by atoms with Crippen molar-refractivity contribution in [1.29, 1.82) is 0 Å². The third-order valence-corrected chi connectivity index (χ3v) is 0.474. The summed E-state index contributed by atoms with van der Waals surface area (Å²) < 4.78 is 0. The second-order valence-electron chi connectivity index (χ2n) is 2.64. The van der Waals surface area contributed by atoms with Gasteiger partial charge in [0.15, 0.2) is 0 Å². The van der Waals surface area contributed by atoms with Crippen molar-refractivity contribution < 1.29 is 32.7 Å². The smallest absolute Gasteiger partial charge is 0 e. The minimum absolute atomic E-state index is 0. The zero-order chi connectivity index (χ0) is 6.62. The molecule has 9 heavy (non-hydrogen) atoms. The van der Waals surface area contributed by atoms with E-state index in [2.05, 4.69) is 11.2 Å². The fraction of sp³-hybridized carbons (Fsp3) is 0.571. The van der Waals surface area contributed by atoms with Crippen molar-refractivity contribution in [1.82, 2.24) is 0 Å². The van der Waals surface area contributed by atoms with Gasteiger partial charge in [0.05, 0.1) is 0 Å². The van der Waals surface area contributed by atoms with Crippen LogP contribution in [-0.2, 0) is 32.7 Å². The van der Waals surface area contributed by atoms with Crippen LogP contribution in [0.1, 0.15) is 20.8 Å². The molecule has 0 N–H and O–H groups in total. The van der Waals surface area contributed by atoms with Crippen molar-refractivity contribution in [2.75, 3.05) is 0 Å². The van der Waals surface area contributed by atoms with E-state index in [1.54, 1.807) is 0 Å². The molecule has 0 unspecified atom stereocenters. The minimum atomic E-state index is 0. The first-order valence-corrected chi connectivity index (χ1v) is 2.57. The van der Waals surface area contributed by atoms with Gasteiger partial charge in [0.2, 0.25) is 0 Å². The average Bonchev–Trinajstić information content (AvgIpc) is 1.59. The van der Waals surface area contributed by atoms with Crippen molar-refractivity contribution >= 4 is 6.21 Å². The van der Waals surface area contributed by atoms with E-state index in [-0.39, 0.29) is 38.1 Å². The van der Waals surface area contributed by atoms with Crippen molar-refractivity contribution in [3.63, 3.8) is 0 Å². The molecular formula is C7H11NY-2. The number of aliphatic imine (C=N–C) groups is 1. The zero-order valence-corrected chi connectivity index (χ0v) is 9.02. The molecule has 0 aliphatic carbocycles. The average molecular weight is 198 g/mol. The first-order chi connectivity index (χ1) is 3.56. The maximum absolute atomic E-state index is 4.98. The monoisotopic (exact) mass is 198 g/mol. The standard InChI is InChI=1S/C7H11N.Y/c1-5-8-6-7(2,3)4;/h1,5H,2-4H3;/q-2;. The van der Waals surface area contributed by atoms with Gasteiger partial charge in [0, 0.05) is 32.7 Å². The fourth-order valence-electron chi connectivity index (χ4n) is 0.231. The van der Waals surface area contributed by atoms with Gasteiger partial charge in [-0.15, -0.1) is 0 Å². The Labute approximate surface area is 82.5 Å². The summed E-state index contributed by atoms with van der Waals surface area (Å²) in [4.78, 5) is 3.65. The molecule has 0 heterocycles.